The second-order valence-corrected chi connectivity index (χ2v) is 6.30. The van der Waals surface area contributed by atoms with Crippen molar-refractivity contribution in [3.05, 3.63) is 29.8 Å². The molecule has 1 N–H and O–H groups in total. The van der Waals surface area contributed by atoms with E-state index in [0.29, 0.717) is 19.7 Å². The number of nitrogens with zero attached hydrogens (tertiary/aromatic N) is 1. The van der Waals surface area contributed by atoms with E-state index in [1.807, 2.05) is 24.1 Å². The zero-order valence-electron chi connectivity index (χ0n) is 11.7. The summed E-state index contributed by atoms with van der Waals surface area (Å²) in [6.45, 7) is 2.84. The molecule has 4 nitrogen and oxygen atoms in total. The first kappa shape index (κ1) is 13.9. The molecule has 0 aromatic heterocycles. The maximum absolute atomic E-state index is 12.7. The molecule has 2 atom stereocenters. The molecule has 0 saturated carbocycles. The van der Waals surface area contributed by atoms with Gasteiger partial charge in [-0.1, -0.05) is 18.2 Å². The molecule has 0 radical (unpaired) electrons. The molecule has 0 aliphatic carbocycles. The van der Waals surface area contributed by atoms with Crippen molar-refractivity contribution in [1.29, 1.82) is 0 Å². The van der Waals surface area contributed by atoms with E-state index in [0.717, 1.165) is 12.3 Å². The van der Waals surface area contributed by atoms with E-state index in [2.05, 4.69) is 17.4 Å². The Labute approximate surface area is 123 Å². The Kier molecular flexibility index (Phi) is 4.29. The minimum Gasteiger partial charge on any atom is -0.373 e. The zero-order chi connectivity index (χ0) is 13.9. The lowest BCUT2D eigenvalue weighted by Gasteiger charge is -2.34. The number of hydrogen-bond donors (Lipinski definition) is 1. The quantitative estimate of drug-likeness (QED) is 0.912. The number of carbonyl (C=O) groups is 1. The van der Waals surface area contributed by atoms with Crippen LogP contribution in [-0.2, 0) is 9.53 Å². The Morgan fingerprint density at radius 1 is 1.50 bits per heavy atom. The summed E-state index contributed by atoms with van der Waals surface area (Å²) in [5.41, 5.74) is 1.19. The standard InChI is InChI=1S/C15H20N2O2S/c1-16-8-11-9-17(6-7-19-11)15(18)13-10-20-14-5-3-2-4-12(13)14/h2-5,11,13,16H,6-10H2,1H3. The summed E-state index contributed by atoms with van der Waals surface area (Å²) in [6.07, 6.45) is 0.113. The molecule has 1 saturated heterocycles. The Hall–Kier alpha value is -1.04. The van der Waals surface area contributed by atoms with Crippen molar-refractivity contribution in [3.63, 3.8) is 0 Å². The van der Waals surface area contributed by atoms with Crippen molar-refractivity contribution in [2.45, 2.75) is 16.9 Å². The summed E-state index contributed by atoms with van der Waals surface area (Å²) in [7, 11) is 1.91. The van der Waals surface area contributed by atoms with E-state index in [9.17, 15) is 4.79 Å². The van der Waals surface area contributed by atoms with E-state index in [4.69, 9.17) is 4.74 Å². The Morgan fingerprint density at radius 2 is 2.35 bits per heavy atom. The maximum atomic E-state index is 12.7. The molecule has 1 aromatic carbocycles. The first-order chi connectivity index (χ1) is 9.79. The molecule has 2 heterocycles. The van der Waals surface area contributed by atoms with Crippen molar-refractivity contribution in [2.24, 2.45) is 0 Å². The number of nitrogens with one attached hydrogen (secondary N) is 1. The predicted molar refractivity (Wildman–Crippen MR) is 80.2 cm³/mol. The number of amides is 1. The summed E-state index contributed by atoms with van der Waals surface area (Å²) in [5.74, 6) is 1.14. The van der Waals surface area contributed by atoms with Gasteiger partial charge in [-0.3, -0.25) is 4.79 Å². The van der Waals surface area contributed by atoms with E-state index in [1.54, 1.807) is 11.8 Å². The highest BCUT2D eigenvalue weighted by Gasteiger charge is 2.34. The minimum absolute atomic E-state index is 0.0181. The molecule has 2 aliphatic rings. The summed E-state index contributed by atoms with van der Waals surface area (Å²) >= 11 is 1.79. The lowest BCUT2D eigenvalue weighted by Crippen LogP contribution is -2.49. The van der Waals surface area contributed by atoms with Gasteiger partial charge in [0.25, 0.3) is 0 Å². The van der Waals surface area contributed by atoms with Crippen LogP contribution in [0.4, 0.5) is 0 Å². The lowest BCUT2D eigenvalue weighted by molar-refractivity contribution is -0.139. The smallest absolute Gasteiger partial charge is 0.231 e. The molecule has 2 unspecified atom stereocenters. The van der Waals surface area contributed by atoms with E-state index < -0.39 is 0 Å². The van der Waals surface area contributed by atoms with Crippen LogP contribution < -0.4 is 5.32 Å². The molecule has 0 bridgehead atoms. The average molecular weight is 292 g/mol. The predicted octanol–water partition coefficient (Wildman–Crippen LogP) is 1.32. The van der Waals surface area contributed by atoms with Crippen molar-refractivity contribution in [2.75, 3.05) is 39.0 Å². The van der Waals surface area contributed by atoms with Crippen LogP contribution in [0, 0.1) is 0 Å². The highest BCUT2D eigenvalue weighted by molar-refractivity contribution is 7.99. The van der Waals surface area contributed by atoms with Gasteiger partial charge in [0, 0.05) is 30.3 Å². The number of rotatable bonds is 3. The van der Waals surface area contributed by atoms with Crippen LogP contribution in [0.2, 0.25) is 0 Å². The number of likely N-dealkylation sites (N-methyl/N-ethyl adjacent to an activating group) is 1. The fraction of sp³-hybridized carbons (Fsp3) is 0.533. The first-order valence-electron chi connectivity index (χ1n) is 7.06. The van der Waals surface area contributed by atoms with Crippen LogP contribution >= 0.6 is 11.8 Å². The number of morpholine rings is 1. The molecule has 108 valence electrons. The topological polar surface area (TPSA) is 41.6 Å². The minimum atomic E-state index is 0.0181. The molecule has 1 amide bonds. The number of hydrogen-bond acceptors (Lipinski definition) is 4. The van der Waals surface area contributed by atoms with Gasteiger partial charge in [0.1, 0.15) is 0 Å². The lowest BCUT2D eigenvalue weighted by atomic mass is 9.99. The second-order valence-electron chi connectivity index (χ2n) is 5.24. The molecule has 1 aromatic rings. The van der Waals surface area contributed by atoms with Gasteiger partial charge in [-0.15, -0.1) is 11.8 Å². The number of carbonyl (C=O) groups excluding carboxylic acids is 1. The Bertz CT molecular complexity index is 493. The number of thioether (sulfide) groups is 1. The average Bonchev–Trinajstić information content (AvgIpc) is 2.91. The fourth-order valence-corrected chi connectivity index (χ4v) is 4.08. The second kappa shape index (κ2) is 6.16. The van der Waals surface area contributed by atoms with Gasteiger partial charge in [0.05, 0.1) is 18.6 Å². The van der Waals surface area contributed by atoms with Crippen LogP contribution in [0.5, 0.6) is 0 Å². The largest absolute Gasteiger partial charge is 0.373 e. The van der Waals surface area contributed by atoms with E-state index >= 15 is 0 Å². The van der Waals surface area contributed by atoms with Gasteiger partial charge in [-0.25, -0.2) is 0 Å². The Morgan fingerprint density at radius 3 is 3.20 bits per heavy atom. The normalized spacial score (nSPS) is 25.6. The Balaban J connectivity index is 1.70. The molecule has 3 rings (SSSR count). The molecule has 2 aliphatic heterocycles. The molecular weight excluding hydrogens is 272 g/mol. The SMILES string of the molecule is CNCC1CN(C(=O)C2CSc3ccccc32)CCO1. The molecule has 5 heteroatoms. The summed E-state index contributed by atoms with van der Waals surface area (Å²) < 4.78 is 5.67. The van der Waals surface area contributed by atoms with Crippen LogP contribution in [0.25, 0.3) is 0 Å². The fourth-order valence-electron chi connectivity index (χ4n) is 2.86. The molecule has 0 spiro atoms. The third-order valence-electron chi connectivity index (χ3n) is 3.88. The van der Waals surface area contributed by atoms with E-state index in [-0.39, 0.29) is 17.9 Å². The van der Waals surface area contributed by atoms with Crippen molar-refractivity contribution in [3.8, 4) is 0 Å². The first-order valence-corrected chi connectivity index (χ1v) is 8.05. The van der Waals surface area contributed by atoms with Gasteiger partial charge in [0.15, 0.2) is 0 Å². The molecule has 20 heavy (non-hydrogen) atoms. The van der Waals surface area contributed by atoms with Crippen molar-refractivity contribution in [1.82, 2.24) is 10.2 Å². The van der Waals surface area contributed by atoms with Crippen LogP contribution in [0.1, 0.15) is 11.5 Å². The van der Waals surface area contributed by atoms with Crippen molar-refractivity contribution < 1.29 is 9.53 Å². The van der Waals surface area contributed by atoms with Gasteiger partial charge in [-0.05, 0) is 18.7 Å². The highest BCUT2D eigenvalue weighted by atomic mass is 32.2. The van der Waals surface area contributed by atoms with E-state index in [1.165, 1.54) is 10.5 Å². The van der Waals surface area contributed by atoms with Gasteiger partial charge in [-0.2, -0.15) is 0 Å². The summed E-state index contributed by atoms with van der Waals surface area (Å²) in [6, 6.07) is 8.25. The van der Waals surface area contributed by atoms with Crippen LogP contribution in [0.15, 0.2) is 29.2 Å². The zero-order valence-corrected chi connectivity index (χ0v) is 12.5. The van der Waals surface area contributed by atoms with Gasteiger partial charge in [0.2, 0.25) is 5.91 Å². The van der Waals surface area contributed by atoms with Crippen LogP contribution in [-0.4, -0.2) is 56.0 Å². The summed E-state index contributed by atoms with van der Waals surface area (Å²) in [5, 5.41) is 3.11. The van der Waals surface area contributed by atoms with Crippen LogP contribution in [0.3, 0.4) is 0 Å². The monoisotopic (exact) mass is 292 g/mol. The van der Waals surface area contributed by atoms with Crippen molar-refractivity contribution >= 4 is 17.7 Å². The number of ether oxygens (including phenoxy) is 1. The third-order valence-corrected chi connectivity index (χ3v) is 5.06. The highest BCUT2D eigenvalue weighted by Crippen LogP contribution is 2.40. The van der Waals surface area contributed by atoms with Gasteiger partial charge >= 0.3 is 0 Å². The third kappa shape index (κ3) is 2.71. The summed E-state index contributed by atoms with van der Waals surface area (Å²) in [4.78, 5) is 16.0. The molecule has 1 fully saturated rings. The maximum Gasteiger partial charge on any atom is 0.231 e. The van der Waals surface area contributed by atoms with Gasteiger partial charge < -0.3 is 15.0 Å². The number of fused-ring (bicyclic) bond motifs is 1. The molecular formula is C15H20N2O2S. The number of benzene rings is 1.